The van der Waals surface area contributed by atoms with E-state index in [1.807, 2.05) is 0 Å². The van der Waals surface area contributed by atoms with Gasteiger partial charge in [0.2, 0.25) is 0 Å². The Balaban J connectivity index is 3.14. The Hall–Kier alpha value is -1.63. The molecule has 0 N–H and O–H groups in total. The average Bonchev–Trinajstić information content (AvgIpc) is 2.04. The van der Waals surface area contributed by atoms with Crippen molar-refractivity contribution >= 4 is 0 Å². The first-order valence-electron chi connectivity index (χ1n) is 3.71. The molecule has 0 unspecified atom stereocenters. The molecule has 0 aliphatic rings. The highest BCUT2D eigenvalue weighted by Gasteiger charge is 2.10. The van der Waals surface area contributed by atoms with Crippen LogP contribution < -0.4 is 4.74 Å². The summed E-state index contributed by atoms with van der Waals surface area (Å²) in [7, 11) is 0. The Morgan fingerprint density at radius 3 is 2.31 bits per heavy atom. The van der Waals surface area contributed by atoms with Crippen LogP contribution in [-0.4, -0.2) is 6.61 Å². The van der Waals surface area contributed by atoms with Gasteiger partial charge in [0, 0.05) is 12.1 Å². The predicted octanol–water partition coefficient (Wildman–Crippen LogP) is 2.24. The molecule has 68 valence electrons. The third kappa shape index (κ3) is 1.94. The highest BCUT2D eigenvalue weighted by Crippen LogP contribution is 2.19. The van der Waals surface area contributed by atoms with Crippen molar-refractivity contribution in [1.29, 1.82) is 5.26 Å². The van der Waals surface area contributed by atoms with Gasteiger partial charge in [0.25, 0.3) is 0 Å². The first kappa shape index (κ1) is 9.46. The monoisotopic (exact) mass is 183 g/mol. The Morgan fingerprint density at radius 2 is 1.92 bits per heavy atom. The molecule has 0 amide bonds. The fourth-order valence-corrected chi connectivity index (χ4v) is 0.907. The molecule has 0 heterocycles. The molecule has 0 radical (unpaired) electrons. The number of rotatable bonds is 2. The maximum Gasteiger partial charge on any atom is 0.147 e. The molecule has 0 bridgehead atoms. The Kier molecular flexibility index (Phi) is 2.80. The van der Waals surface area contributed by atoms with Gasteiger partial charge in [-0.1, -0.05) is 0 Å². The van der Waals surface area contributed by atoms with Crippen molar-refractivity contribution in [1.82, 2.24) is 0 Å². The van der Waals surface area contributed by atoms with Gasteiger partial charge in [-0.2, -0.15) is 5.26 Å². The maximum atomic E-state index is 12.9. The van der Waals surface area contributed by atoms with Crippen LogP contribution in [0.25, 0.3) is 0 Å². The molecule has 0 spiro atoms. The van der Waals surface area contributed by atoms with E-state index >= 15 is 0 Å². The molecule has 13 heavy (non-hydrogen) atoms. The number of hydrogen-bond donors (Lipinski definition) is 0. The Morgan fingerprint density at radius 1 is 1.38 bits per heavy atom. The quantitative estimate of drug-likeness (QED) is 0.704. The minimum Gasteiger partial charge on any atom is -0.494 e. The molecule has 0 saturated heterocycles. The fraction of sp³-hybridized carbons (Fsp3) is 0.222. The Bertz CT molecular complexity index is 334. The summed E-state index contributed by atoms with van der Waals surface area (Å²) in [5, 5.41) is 8.35. The number of benzene rings is 1. The minimum absolute atomic E-state index is 0.0940. The topological polar surface area (TPSA) is 33.0 Å². The van der Waals surface area contributed by atoms with E-state index in [1.54, 1.807) is 6.92 Å². The molecule has 0 saturated carbocycles. The van der Waals surface area contributed by atoms with Gasteiger partial charge in [-0.05, 0) is 6.92 Å². The van der Waals surface area contributed by atoms with Crippen molar-refractivity contribution in [3.05, 3.63) is 29.3 Å². The van der Waals surface area contributed by atoms with Gasteiger partial charge < -0.3 is 4.74 Å². The zero-order valence-electron chi connectivity index (χ0n) is 6.97. The molecule has 1 rings (SSSR count). The zero-order valence-corrected chi connectivity index (χ0v) is 6.97. The first-order valence-corrected chi connectivity index (χ1v) is 3.71. The van der Waals surface area contributed by atoms with Crippen LogP contribution in [0.4, 0.5) is 8.78 Å². The summed E-state index contributed by atoms with van der Waals surface area (Å²) in [5.74, 6) is -1.70. The van der Waals surface area contributed by atoms with Crippen molar-refractivity contribution in [2.24, 2.45) is 0 Å². The summed E-state index contributed by atoms with van der Waals surface area (Å²) in [6.07, 6.45) is 0. The number of halogens is 2. The van der Waals surface area contributed by atoms with Gasteiger partial charge in [-0.3, -0.25) is 0 Å². The zero-order chi connectivity index (χ0) is 9.84. The maximum absolute atomic E-state index is 12.9. The molecule has 1 aromatic rings. The smallest absolute Gasteiger partial charge is 0.147 e. The van der Waals surface area contributed by atoms with Crippen LogP contribution >= 0.6 is 0 Å². The van der Waals surface area contributed by atoms with Crippen LogP contribution in [0.5, 0.6) is 5.75 Å². The van der Waals surface area contributed by atoms with Crippen molar-refractivity contribution < 1.29 is 13.5 Å². The van der Waals surface area contributed by atoms with Gasteiger partial charge in [-0.25, -0.2) is 8.78 Å². The van der Waals surface area contributed by atoms with E-state index in [0.29, 0.717) is 6.61 Å². The van der Waals surface area contributed by atoms with Crippen LogP contribution in [0.1, 0.15) is 12.5 Å². The summed E-state index contributed by atoms with van der Waals surface area (Å²) in [6.45, 7) is 2.03. The van der Waals surface area contributed by atoms with Crippen molar-refractivity contribution in [3.63, 3.8) is 0 Å². The molecule has 0 fully saturated rings. The molecule has 1 aromatic carbocycles. The lowest BCUT2D eigenvalue weighted by Gasteiger charge is -2.03. The van der Waals surface area contributed by atoms with E-state index in [4.69, 9.17) is 10.00 Å². The van der Waals surface area contributed by atoms with Gasteiger partial charge in [0.15, 0.2) is 0 Å². The second-order valence-electron chi connectivity index (χ2n) is 2.31. The van der Waals surface area contributed by atoms with Crippen LogP contribution in [0.15, 0.2) is 12.1 Å². The lowest BCUT2D eigenvalue weighted by Crippen LogP contribution is -1.96. The molecular formula is C9H7F2NO. The standard InChI is InChI=1S/C9H7F2NO/c1-2-13-6-3-8(10)7(5-12)9(11)4-6/h3-4H,2H2,1H3. The van der Waals surface area contributed by atoms with Crippen molar-refractivity contribution in [2.75, 3.05) is 6.61 Å². The minimum atomic E-state index is -0.897. The van der Waals surface area contributed by atoms with Gasteiger partial charge in [0.05, 0.1) is 6.61 Å². The molecule has 0 aliphatic carbocycles. The molecule has 4 heteroatoms. The van der Waals surface area contributed by atoms with E-state index in [-0.39, 0.29) is 5.75 Å². The summed E-state index contributed by atoms with van der Waals surface area (Å²) >= 11 is 0. The largest absolute Gasteiger partial charge is 0.494 e. The Labute approximate surface area is 74.4 Å². The normalized spacial score (nSPS) is 9.38. The predicted molar refractivity (Wildman–Crippen MR) is 42.2 cm³/mol. The lowest BCUT2D eigenvalue weighted by molar-refractivity contribution is 0.335. The number of hydrogen-bond acceptors (Lipinski definition) is 2. The second kappa shape index (κ2) is 3.85. The van der Waals surface area contributed by atoms with Crippen LogP contribution in [0, 0.1) is 23.0 Å². The lowest BCUT2D eigenvalue weighted by atomic mass is 10.2. The van der Waals surface area contributed by atoms with E-state index in [0.717, 1.165) is 12.1 Å². The number of nitriles is 1. The molecule has 0 aliphatic heterocycles. The first-order chi connectivity index (χ1) is 6.19. The van der Waals surface area contributed by atoms with Crippen molar-refractivity contribution in [2.45, 2.75) is 6.92 Å². The summed E-state index contributed by atoms with van der Waals surface area (Å²) in [5.41, 5.74) is -0.580. The highest BCUT2D eigenvalue weighted by molar-refractivity contribution is 5.37. The molecule has 0 aromatic heterocycles. The number of ether oxygens (including phenoxy) is 1. The third-order valence-electron chi connectivity index (χ3n) is 1.44. The summed E-state index contributed by atoms with van der Waals surface area (Å²) < 4.78 is 30.7. The molecule has 2 nitrogen and oxygen atoms in total. The van der Waals surface area contributed by atoms with Gasteiger partial charge in [0.1, 0.15) is 29.0 Å². The van der Waals surface area contributed by atoms with Crippen LogP contribution in [-0.2, 0) is 0 Å². The summed E-state index contributed by atoms with van der Waals surface area (Å²) in [4.78, 5) is 0. The van der Waals surface area contributed by atoms with Crippen molar-refractivity contribution in [3.8, 4) is 11.8 Å². The SMILES string of the molecule is CCOc1cc(F)c(C#N)c(F)c1. The van der Waals surface area contributed by atoms with E-state index in [1.165, 1.54) is 6.07 Å². The second-order valence-corrected chi connectivity index (χ2v) is 2.31. The van der Waals surface area contributed by atoms with Gasteiger partial charge >= 0.3 is 0 Å². The van der Waals surface area contributed by atoms with E-state index < -0.39 is 17.2 Å². The van der Waals surface area contributed by atoms with Crippen LogP contribution in [0.3, 0.4) is 0 Å². The van der Waals surface area contributed by atoms with Gasteiger partial charge in [-0.15, -0.1) is 0 Å². The molecular weight excluding hydrogens is 176 g/mol. The number of nitrogens with zero attached hydrogens (tertiary/aromatic N) is 1. The molecule has 0 atom stereocenters. The average molecular weight is 183 g/mol. The third-order valence-corrected chi connectivity index (χ3v) is 1.44. The van der Waals surface area contributed by atoms with Crippen LogP contribution in [0.2, 0.25) is 0 Å². The fourth-order valence-electron chi connectivity index (χ4n) is 0.907. The highest BCUT2D eigenvalue weighted by atomic mass is 19.1. The summed E-state index contributed by atoms with van der Waals surface area (Å²) in [6, 6.07) is 3.41. The van der Waals surface area contributed by atoms with E-state index in [9.17, 15) is 8.78 Å². The van der Waals surface area contributed by atoms with E-state index in [2.05, 4.69) is 0 Å².